The molecule has 2 aromatic heterocycles. The number of aryl methyl sites for hydroxylation is 2. The van der Waals surface area contributed by atoms with Gasteiger partial charge in [-0.2, -0.15) is 5.10 Å². The van der Waals surface area contributed by atoms with Gasteiger partial charge in [-0.3, -0.25) is 9.69 Å². The summed E-state index contributed by atoms with van der Waals surface area (Å²) in [5.74, 6) is 2.02. The molecule has 1 amide bonds. The highest BCUT2D eigenvalue weighted by molar-refractivity contribution is 7.71. The van der Waals surface area contributed by atoms with E-state index in [2.05, 4.69) is 52.0 Å². The first kappa shape index (κ1) is 21.5. The molecule has 0 atom stereocenters. The second kappa shape index (κ2) is 9.15. The smallest absolute Gasteiger partial charge is 0.228 e. The normalized spacial score (nSPS) is 15.3. The molecular weight excluding hydrogens is 412 g/mol. The van der Waals surface area contributed by atoms with Gasteiger partial charge in [-0.05, 0) is 51.9 Å². The maximum Gasteiger partial charge on any atom is 0.228 e. The average Bonchev–Trinajstić information content (AvgIpc) is 3.31. The van der Waals surface area contributed by atoms with Gasteiger partial charge in [0, 0.05) is 37.2 Å². The number of nitrogens with zero attached hydrogens (tertiary/aromatic N) is 5. The van der Waals surface area contributed by atoms with Gasteiger partial charge in [0.05, 0.1) is 6.67 Å². The van der Waals surface area contributed by atoms with Crippen LogP contribution in [0, 0.1) is 24.5 Å². The monoisotopic (exact) mass is 440 g/mol. The van der Waals surface area contributed by atoms with Gasteiger partial charge in [-0.15, -0.1) is 0 Å². The maximum atomic E-state index is 12.5. The van der Waals surface area contributed by atoms with E-state index in [0.717, 1.165) is 48.6 Å². The van der Waals surface area contributed by atoms with Crippen molar-refractivity contribution in [3.05, 3.63) is 46.4 Å². The van der Waals surface area contributed by atoms with Crippen LogP contribution in [0.3, 0.4) is 0 Å². The van der Waals surface area contributed by atoms with Crippen molar-refractivity contribution < 1.29 is 9.32 Å². The van der Waals surface area contributed by atoms with Gasteiger partial charge in [-0.1, -0.05) is 28.9 Å². The van der Waals surface area contributed by atoms with E-state index in [0.29, 0.717) is 18.2 Å². The molecule has 164 valence electrons. The van der Waals surface area contributed by atoms with Gasteiger partial charge in [0.1, 0.15) is 5.76 Å². The van der Waals surface area contributed by atoms with Gasteiger partial charge in [0.15, 0.2) is 16.4 Å². The fourth-order valence-corrected chi connectivity index (χ4v) is 4.31. The summed E-state index contributed by atoms with van der Waals surface area (Å²) in [6.07, 6.45) is 1.57. The zero-order chi connectivity index (χ0) is 22.0. The summed E-state index contributed by atoms with van der Waals surface area (Å²) < 4.78 is 9.71. The highest BCUT2D eigenvalue weighted by Crippen LogP contribution is 2.22. The molecule has 3 aromatic rings. The van der Waals surface area contributed by atoms with Crippen molar-refractivity contribution in [2.75, 3.05) is 18.4 Å². The lowest BCUT2D eigenvalue weighted by atomic mass is 9.96. The minimum absolute atomic E-state index is 0.00144. The largest absolute Gasteiger partial charge is 0.360 e. The predicted octanol–water partition coefficient (Wildman–Crippen LogP) is 4.01. The van der Waals surface area contributed by atoms with E-state index in [1.54, 1.807) is 13.0 Å². The van der Waals surface area contributed by atoms with Crippen LogP contribution in [0.4, 0.5) is 5.82 Å². The lowest BCUT2D eigenvalue weighted by Crippen LogP contribution is -2.39. The van der Waals surface area contributed by atoms with Crippen molar-refractivity contribution in [3.8, 4) is 11.4 Å². The lowest BCUT2D eigenvalue weighted by molar-refractivity contribution is -0.121. The standard InChI is InChI=1S/C22H28N6O2S/c1-4-27-20(18-7-5-6-15(2)12-18)24-28(22(27)31)14-26-10-8-17(9-11-26)21(29)23-19-13-16(3)30-25-19/h5-7,12-13,17H,4,8-11,14H2,1-3H3,(H,23,25,29). The minimum atomic E-state index is -0.0303. The number of carbonyl (C=O) groups is 1. The molecule has 4 rings (SSSR count). The first-order valence-electron chi connectivity index (χ1n) is 10.7. The third-order valence-corrected chi connectivity index (χ3v) is 6.12. The summed E-state index contributed by atoms with van der Waals surface area (Å²) in [5.41, 5.74) is 2.27. The molecule has 8 nitrogen and oxygen atoms in total. The van der Waals surface area contributed by atoms with Gasteiger partial charge in [0.2, 0.25) is 5.91 Å². The number of likely N-dealkylation sites (tertiary alicyclic amines) is 1. The van der Waals surface area contributed by atoms with E-state index in [9.17, 15) is 4.79 Å². The molecule has 31 heavy (non-hydrogen) atoms. The van der Waals surface area contributed by atoms with Crippen LogP contribution in [-0.4, -0.2) is 43.4 Å². The molecule has 1 saturated heterocycles. The van der Waals surface area contributed by atoms with Gasteiger partial charge in [-0.25, -0.2) is 4.68 Å². The summed E-state index contributed by atoms with van der Waals surface area (Å²) in [5, 5.41) is 11.5. The molecule has 1 aliphatic heterocycles. The van der Waals surface area contributed by atoms with Crippen molar-refractivity contribution >= 4 is 23.9 Å². The van der Waals surface area contributed by atoms with Crippen molar-refractivity contribution in [3.63, 3.8) is 0 Å². The number of carbonyl (C=O) groups excluding carboxylic acids is 1. The van der Waals surface area contributed by atoms with Gasteiger partial charge >= 0.3 is 0 Å². The maximum absolute atomic E-state index is 12.5. The zero-order valence-corrected chi connectivity index (χ0v) is 19.0. The summed E-state index contributed by atoms with van der Waals surface area (Å²) in [6.45, 7) is 8.99. The van der Waals surface area contributed by atoms with Crippen LogP contribution in [0.5, 0.6) is 0 Å². The number of aromatic nitrogens is 4. The molecule has 1 N–H and O–H groups in total. The molecule has 0 unspecified atom stereocenters. The van der Waals surface area contributed by atoms with Crippen LogP contribution < -0.4 is 5.32 Å². The number of anilines is 1. The third kappa shape index (κ3) is 4.77. The number of benzene rings is 1. The molecule has 9 heteroatoms. The summed E-state index contributed by atoms with van der Waals surface area (Å²) in [4.78, 5) is 14.8. The fraction of sp³-hybridized carbons (Fsp3) is 0.455. The molecule has 0 spiro atoms. The molecule has 0 aliphatic carbocycles. The van der Waals surface area contributed by atoms with Crippen molar-refractivity contribution in [2.45, 2.75) is 46.8 Å². The van der Waals surface area contributed by atoms with Crippen LogP contribution in [0.1, 0.15) is 31.1 Å². The summed E-state index contributed by atoms with van der Waals surface area (Å²) in [7, 11) is 0. The van der Waals surface area contributed by atoms with E-state index < -0.39 is 0 Å². The number of amides is 1. The van der Waals surface area contributed by atoms with Crippen LogP contribution in [0.25, 0.3) is 11.4 Å². The number of nitrogens with one attached hydrogen (secondary N) is 1. The van der Waals surface area contributed by atoms with E-state index >= 15 is 0 Å². The van der Waals surface area contributed by atoms with Crippen molar-refractivity contribution in [1.29, 1.82) is 0 Å². The summed E-state index contributed by atoms with van der Waals surface area (Å²) >= 11 is 5.71. The van der Waals surface area contributed by atoms with E-state index in [-0.39, 0.29) is 11.8 Å². The molecule has 3 heterocycles. The quantitative estimate of drug-likeness (QED) is 0.583. The topological polar surface area (TPSA) is 81.1 Å². The Kier molecular flexibility index (Phi) is 6.33. The summed E-state index contributed by atoms with van der Waals surface area (Å²) in [6, 6.07) is 10.1. The molecule has 0 saturated carbocycles. The van der Waals surface area contributed by atoms with Crippen LogP contribution in [-0.2, 0) is 18.0 Å². The lowest BCUT2D eigenvalue weighted by Gasteiger charge is -2.30. The molecule has 1 fully saturated rings. The first-order valence-corrected chi connectivity index (χ1v) is 11.1. The molecule has 1 aliphatic rings. The first-order chi connectivity index (χ1) is 14.9. The van der Waals surface area contributed by atoms with Crippen LogP contribution in [0.2, 0.25) is 0 Å². The Hall–Kier alpha value is -2.78. The van der Waals surface area contributed by atoms with Gasteiger partial charge < -0.3 is 14.4 Å². The highest BCUT2D eigenvalue weighted by atomic mass is 32.1. The van der Waals surface area contributed by atoms with E-state index in [1.807, 2.05) is 10.7 Å². The highest BCUT2D eigenvalue weighted by Gasteiger charge is 2.26. The Morgan fingerprint density at radius 2 is 2.03 bits per heavy atom. The second-order valence-electron chi connectivity index (χ2n) is 8.07. The average molecular weight is 441 g/mol. The van der Waals surface area contributed by atoms with E-state index in [4.69, 9.17) is 21.8 Å². The minimum Gasteiger partial charge on any atom is -0.360 e. The van der Waals surface area contributed by atoms with E-state index in [1.165, 1.54) is 5.56 Å². The number of hydrogen-bond acceptors (Lipinski definition) is 6. The number of rotatable bonds is 6. The Morgan fingerprint density at radius 1 is 1.26 bits per heavy atom. The molecule has 0 bridgehead atoms. The molecular formula is C22H28N6O2S. The third-order valence-electron chi connectivity index (χ3n) is 5.69. The van der Waals surface area contributed by atoms with Gasteiger partial charge in [0.25, 0.3) is 0 Å². The van der Waals surface area contributed by atoms with Crippen molar-refractivity contribution in [1.82, 2.24) is 24.4 Å². The zero-order valence-electron chi connectivity index (χ0n) is 18.2. The predicted molar refractivity (Wildman–Crippen MR) is 121 cm³/mol. The SMILES string of the molecule is CCn1c(-c2cccc(C)c2)nn(CN2CCC(C(=O)Nc3cc(C)on3)CC2)c1=S. The van der Waals surface area contributed by atoms with Crippen molar-refractivity contribution in [2.24, 2.45) is 5.92 Å². The fourth-order valence-electron chi connectivity index (χ4n) is 4.00. The molecule has 1 aromatic carbocycles. The second-order valence-corrected chi connectivity index (χ2v) is 8.43. The Morgan fingerprint density at radius 3 is 2.68 bits per heavy atom. The molecule has 0 radical (unpaired) electrons. The Bertz CT molecular complexity index is 1120. The number of hydrogen-bond donors (Lipinski definition) is 1. The number of piperidine rings is 1. The van der Waals surface area contributed by atoms with Crippen LogP contribution >= 0.6 is 12.2 Å². The Labute approximate surface area is 186 Å². The van der Waals surface area contributed by atoms with Crippen LogP contribution in [0.15, 0.2) is 34.9 Å². The Balaban J connectivity index is 1.40.